The maximum atomic E-state index is 6.41. The minimum absolute atomic E-state index is 0.670. The first-order chi connectivity index (χ1) is 13.7. The number of hydrogen-bond acceptors (Lipinski definition) is 2. The Morgan fingerprint density at radius 1 is 1.11 bits per heavy atom. The van der Waals surface area contributed by atoms with Crippen molar-refractivity contribution in [2.45, 2.75) is 38.9 Å². The molecule has 1 N–H and O–H groups in total. The van der Waals surface area contributed by atoms with Crippen molar-refractivity contribution in [3.63, 3.8) is 0 Å². The Hall–Kier alpha value is -1.52. The van der Waals surface area contributed by atoms with Crippen LogP contribution in [-0.4, -0.2) is 35.1 Å². The molecule has 148 valence electrons. The quantitative estimate of drug-likeness (QED) is 0.543. The molecule has 0 saturated carbocycles. The van der Waals surface area contributed by atoms with Crippen LogP contribution in [0.15, 0.2) is 48.7 Å². The Balaban J connectivity index is 1.51. The predicted octanol–water partition coefficient (Wildman–Crippen LogP) is 5.57. The fourth-order valence-electron chi connectivity index (χ4n) is 4.34. The number of fused-ring (bicyclic) bond motifs is 1. The number of para-hydroxylation sites is 1. The van der Waals surface area contributed by atoms with Crippen LogP contribution in [0.3, 0.4) is 0 Å². The number of likely N-dealkylation sites (N-methyl/N-ethyl adjacent to an activating group) is 1. The normalized spacial score (nSPS) is 17.6. The molecule has 1 saturated heterocycles. The molecular weight excluding hydrogens is 389 g/mol. The molecule has 2 aromatic carbocycles. The maximum Gasteiger partial charge on any atom is 0.0491 e. The summed E-state index contributed by atoms with van der Waals surface area (Å²) in [5, 5.41) is 6.39. The lowest BCUT2D eigenvalue weighted by atomic mass is 10.1. The number of halogens is 2. The van der Waals surface area contributed by atoms with E-state index in [9.17, 15) is 0 Å². The van der Waals surface area contributed by atoms with Crippen LogP contribution < -0.4 is 5.32 Å². The van der Waals surface area contributed by atoms with Gasteiger partial charge in [-0.3, -0.25) is 4.90 Å². The summed E-state index contributed by atoms with van der Waals surface area (Å²) in [4.78, 5) is 2.58. The molecule has 1 fully saturated rings. The van der Waals surface area contributed by atoms with Crippen molar-refractivity contribution < 1.29 is 0 Å². The monoisotopic (exact) mass is 415 g/mol. The summed E-state index contributed by atoms with van der Waals surface area (Å²) in [6, 6.07) is 15.0. The molecule has 2 heterocycles. The van der Waals surface area contributed by atoms with E-state index in [0.717, 1.165) is 31.7 Å². The van der Waals surface area contributed by atoms with Crippen LogP contribution in [0.1, 0.15) is 30.9 Å². The van der Waals surface area contributed by atoms with Crippen LogP contribution in [0.25, 0.3) is 10.9 Å². The van der Waals surface area contributed by atoms with Crippen molar-refractivity contribution in [1.29, 1.82) is 0 Å². The first-order valence-electron chi connectivity index (χ1n) is 10.1. The van der Waals surface area contributed by atoms with Crippen LogP contribution >= 0.6 is 23.2 Å². The first-order valence-corrected chi connectivity index (χ1v) is 10.9. The second-order valence-corrected chi connectivity index (χ2v) is 8.43. The van der Waals surface area contributed by atoms with Gasteiger partial charge in [-0.05, 0) is 55.3 Å². The fraction of sp³-hybridized carbons (Fsp3) is 0.391. The number of hydrogen-bond donors (Lipinski definition) is 1. The number of benzene rings is 2. The molecular formula is C23H27Cl2N3. The zero-order valence-corrected chi connectivity index (χ0v) is 17.8. The van der Waals surface area contributed by atoms with Gasteiger partial charge in [-0.1, -0.05) is 54.4 Å². The molecule has 0 unspecified atom stereocenters. The number of aromatic nitrogens is 1. The van der Waals surface area contributed by atoms with Gasteiger partial charge in [0.05, 0.1) is 0 Å². The van der Waals surface area contributed by atoms with E-state index < -0.39 is 0 Å². The van der Waals surface area contributed by atoms with E-state index in [0.29, 0.717) is 16.1 Å². The molecule has 0 bridgehead atoms. The van der Waals surface area contributed by atoms with Gasteiger partial charge in [0.25, 0.3) is 0 Å². The van der Waals surface area contributed by atoms with Gasteiger partial charge >= 0.3 is 0 Å². The predicted molar refractivity (Wildman–Crippen MR) is 119 cm³/mol. The van der Waals surface area contributed by atoms with E-state index in [1.807, 2.05) is 18.2 Å². The highest BCUT2D eigenvalue weighted by atomic mass is 35.5. The van der Waals surface area contributed by atoms with Crippen LogP contribution in [0.2, 0.25) is 10.0 Å². The molecule has 4 rings (SSSR count). The maximum absolute atomic E-state index is 6.41. The summed E-state index contributed by atoms with van der Waals surface area (Å²) in [5.74, 6) is 0. The number of rotatable bonds is 7. The summed E-state index contributed by atoms with van der Waals surface area (Å²) in [5.41, 5.74) is 3.65. The highest BCUT2D eigenvalue weighted by molar-refractivity contribution is 6.35. The third-order valence-corrected chi connectivity index (χ3v) is 6.41. The van der Waals surface area contributed by atoms with E-state index >= 15 is 0 Å². The van der Waals surface area contributed by atoms with Crippen LogP contribution in [0.5, 0.6) is 0 Å². The van der Waals surface area contributed by atoms with Gasteiger partial charge < -0.3 is 9.88 Å². The molecule has 1 aromatic heterocycles. The van der Waals surface area contributed by atoms with Gasteiger partial charge in [-0.15, -0.1) is 0 Å². The smallest absolute Gasteiger partial charge is 0.0491 e. The topological polar surface area (TPSA) is 20.2 Å². The van der Waals surface area contributed by atoms with Gasteiger partial charge in [0.15, 0.2) is 0 Å². The highest BCUT2D eigenvalue weighted by Crippen LogP contribution is 2.26. The van der Waals surface area contributed by atoms with Crippen molar-refractivity contribution in [2.24, 2.45) is 0 Å². The highest BCUT2D eigenvalue weighted by Gasteiger charge is 2.22. The van der Waals surface area contributed by atoms with Gasteiger partial charge in [-0.2, -0.15) is 0 Å². The molecule has 28 heavy (non-hydrogen) atoms. The van der Waals surface area contributed by atoms with E-state index in [-0.39, 0.29) is 0 Å². The minimum Gasteiger partial charge on any atom is -0.343 e. The average molecular weight is 416 g/mol. The second kappa shape index (κ2) is 8.87. The van der Waals surface area contributed by atoms with E-state index in [1.165, 1.54) is 35.9 Å². The van der Waals surface area contributed by atoms with Crippen molar-refractivity contribution >= 4 is 34.1 Å². The van der Waals surface area contributed by atoms with Gasteiger partial charge in [0.2, 0.25) is 0 Å². The summed E-state index contributed by atoms with van der Waals surface area (Å²) >= 11 is 12.5. The molecule has 0 radical (unpaired) electrons. The summed E-state index contributed by atoms with van der Waals surface area (Å²) in [7, 11) is 0. The number of nitrogens with one attached hydrogen (secondary N) is 1. The van der Waals surface area contributed by atoms with Crippen LogP contribution in [0, 0.1) is 0 Å². The summed E-state index contributed by atoms with van der Waals surface area (Å²) in [6.45, 7) is 7.32. The van der Waals surface area contributed by atoms with Gasteiger partial charge in [-0.25, -0.2) is 0 Å². The van der Waals surface area contributed by atoms with Gasteiger partial charge in [0, 0.05) is 52.8 Å². The fourth-order valence-corrected chi connectivity index (χ4v) is 4.81. The lowest BCUT2D eigenvalue weighted by molar-refractivity contribution is 0.260. The first kappa shape index (κ1) is 19.8. The second-order valence-electron chi connectivity index (χ2n) is 7.59. The van der Waals surface area contributed by atoms with Crippen molar-refractivity contribution in [3.05, 3.63) is 69.8 Å². The zero-order chi connectivity index (χ0) is 19.5. The molecule has 1 aliphatic rings. The van der Waals surface area contributed by atoms with Crippen molar-refractivity contribution in [2.75, 3.05) is 19.6 Å². The van der Waals surface area contributed by atoms with E-state index in [4.69, 9.17) is 23.2 Å². The summed E-state index contributed by atoms with van der Waals surface area (Å²) < 4.78 is 2.29. The molecule has 3 nitrogen and oxygen atoms in total. The van der Waals surface area contributed by atoms with Crippen LogP contribution in [-0.2, 0) is 13.1 Å². The lowest BCUT2D eigenvalue weighted by Gasteiger charge is -2.22. The Morgan fingerprint density at radius 3 is 2.79 bits per heavy atom. The molecule has 0 amide bonds. The molecule has 1 atom stereocenters. The van der Waals surface area contributed by atoms with E-state index in [1.54, 1.807) is 0 Å². The zero-order valence-electron chi connectivity index (χ0n) is 16.3. The SMILES string of the molecule is CCN1CCC[C@H]1CNCc1cn(Cc2ccc(Cl)cc2Cl)c2ccccc12. The Morgan fingerprint density at radius 2 is 1.96 bits per heavy atom. The molecule has 0 aliphatic carbocycles. The largest absolute Gasteiger partial charge is 0.343 e. The molecule has 0 spiro atoms. The Labute approximate surface area is 177 Å². The lowest BCUT2D eigenvalue weighted by Crippen LogP contribution is -2.37. The molecule has 1 aliphatic heterocycles. The number of likely N-dealkylation sites (tertiary alicyclic amines) is 1. The number of nitrogens with zero attached hydrogens (tertiary/aromatic N) is 2. The third kappa shape index (κ3) is 4.23. The van der Waals surface area contributed by atoms with Crippen molar-refractivity contribution in [1.82, 2.24) is 14.8 Å². The molecule has 5 heteroatoms. The van der Waals surface area contributed by atoms with Gasteiger partial charge in [0.1, 0.15) is 0 Å². The van der Waals surface area contributed by atoms with Crippen molar-refractivity contribution in [3.8, 4) is 0 Å². The van der Waals surface area contributed by atoms with E-state index in [2.05, 4.69) is 52.2 Å². The van der Waals surface area contributed by atoms with Crippen LogP contribution in [0.4, 0.5) is 0 Å². The minimum atomic E-state index is 0.670. The Bertz CT molecular complexity index is 950. The summed E-state index contributed by atoms with van der Waals surface area (Å²) in [6.07, 6.45) is 4.88. The third-order valence-electron chi connectivity index (χ3n) is 5.83. The Kier molecular flexibility index (Phi) is 6.27. The molecule has 3 aromatic rings. The average Bonchev–Trinajstić information content (AvgIpc) is 3.29. The standard InChI is InChI=1S/C23H27Cl2N3/c1-2-27-11-5-6-20(27)14-26-13-18-16-28(23-8-4-3-7-21(18)23)15-17-9-10-19(24)12-22(17)25/h3-4,7-10,12,16,20,26H,2,5-6,11,13-15H2,1H3/t20-/m0/s1.